The van der Waals surface area contributed by atoms with E-state index in [1.54, 1.807) is 0 Å². The van der Waals surface area contributed by atoms with Crippen LogP contribution in [0.5, 0.6) is 5.75 Å². The van der Waals surface area contributed by atoms with E-state index in [1.807, 2.05) is 12.3 Å². The zero-order chi connectivity index (χ0) is 32.1. The molecule has 6 heteroatoms. The van der Waals surface area contributed by atoms with Gasteiger partial charge in [0.05, 0.1) is 11.4 Å². The molecule has 7 aromatic carbocycles. The summed E-state index contributed by atoms with van der Waals surface area (Å²) in [4.78, 5) is 15.8. The Kier molecular flexibility index (Phi) is 5.35. The fourth-order valence-electron chi connectivity index (χ4n) is 8.21. The molecule has 0 N–H and O–H groups in total. The van der Waals surface area contributed by atoms with Crippen molar-refractivity contribution in [2.45, 2.75) is 0 Å². The first-order valence-corrected chi connectivity index (χ1v) is 18.4. The zero-order valence-corrected chi connectivity index (χ0v) is 27.2. The van der Waals surface area contributed by atoms with Gasteiger partial charge < -0.3 is 4.43 Å². The van der Waals surface area contributed by atoms with Crippen LogP contribution in [-0.2, 0) is 0 Å². The molecule has 11 rings (SSSR count). The number of aromatic nitrogens is 3. The quantitative estimate of drug-likeness (QED) is 0.139. The summed E-state index contributed by atoms with van der Waals surface area (Å²) >= 11 is 0. The maximum absolute atomic E-state index is 7.52. The third-order valence-electron chi connectivity index (χ3n) is 10.2. The van der Waals surface area contributed by atoms with Crippen LogP contribution >= 0.6 is 0 Å². The van der Waals surface area contributed by atoms with Gasteiger partial charge >= 0.3 is 8.48 Å². The van der Waals surface area contributed by atoms with Crippen LogP contribution in [0.2, 0.25) is 0 Å². The van der Waals surface area contributed by atoms with Crippen LogP contribution in [0.4, 0.5) is 11.6 Å². The zero-order valence-electron chi connectivity index (χ0n) is 26.2. The Labute approximate surface area is 282 Å². The lowest BCUT2D eigenvalue weighted by molar-refractivity contribution is 0.564. The summed E-state index contributed by atoms with van der Waals surface area (Å²) in [6.07, 6.45) is 1.82. The molecule has 0 saturated heterocycles. The molecule has 2 aliphatic rings. The van der Waals surface area contributed by atoms with Gasteiger partial charge in [-0.1, -0.05) is 121 Å². The van der Waals surface area contributed by atoms with Crippen molar-refractivity contribution in [1.29, 1.82) is 0 Å². The van der Waals surface area contributed by atoms with Crippen molar-refractivity contribution < 1.29 is 4.43 Å². The van der Waals surface area contributed by atoms with Crippen molar-refractivity contribution >= 4 is 73.8 Å². The molecule has 0 radical (unpaired) electrons. The summed E-state index contributed by atoms with van der Waals surface area (Å²) in [5.41, 5.74) is 5.99. The van der Waals surface area contributed by atoms with E-state index in [0.29, 0.717) is 11.6 Å². The maximum Gasteiger partial charge on any atom is 0.437 e. The normalized spacial score (nSPS) is 14.0. The fraction of sp³-hybridized carbons (Fsp3) is 0. The monoisotopic (exact) mass is 642 g/mol. The first kappa shape index (κ1) is 26.7. The highest BCUT2D eigenvalue weighted by atomic mass is 28.4. The van der Waals surface area contributed by atoms with Crippen LogP contribution < -0.4 is 19.4 Å². The Morgan fingerprint density at radius 1 is 0.510 bits per heavy atom. The number of hydrogen-bond donors (Lipinski definition) is 0. The second-order valence-electron chi connectivity index (χ2n) is 12.7. The van der Waals surface area contributed by atoms with Crippen LogP contribution in [0.3, 0.4) is 0 Å². The highest BCUT2D eigenvalue weighted by molar-refractivity contribution is 7.05. The minimum Gasteiger partial charge on any atom is -0.517 e. The van der Waals surface area contributed by atoms with Crippen LogP contribution in [0.15, 0.2) is 158 Å². The molecule has 0 fully saturated rings. The maximum atomic E-state index is 7.52. The molecule has 49 heavy (non-hydrogen) atoms. The third-order valence-corrected chi connectivity index (χ3v) is 14.1. The number of pyridine rings is 1. The van der Waals surface area contributed by atoms with Crippen LogP contribution in [0.1, 0.15) is 0 Å². The molecule has 0 atom stereocenters. The van der Waals surface area contributed by atoms with E-state index >= 15 is 0 Å². The van der Waals surface area contributed by atoms with Gasteiger partial charge in [-0.05, 0) is 68.4 Å². The van der Waals surface area contributed by atoms with Crippen LogP contribution in [-0.4, -0.2) is 23.4 Å². The van der Waals surface area contributed by atoms with Gasteiger partial charge in [-0.2, -0.15) is 4.98 Å². The van der Waals surface area contributed by atoms with Gasteiger partial charge in [-0.15, -0.1) is 0 Å². The molecule has 228 valence electrons. The van der Waals surface area contributed by atoms with E-state index in [0.717, 1.165) is 49.6 Å². The molecule has 9 aromatic rings. The van der Waals surface area contributed by atoms with Crippen molar-refractivity contribution in [1.82, 2.24) is 15.0 Å². The molecule has 0 bridgehead atoms. The Morgan fingerprint density at radius 2 is 1.16 bits per heavy atom. The van der Waals surface area contributed by atoms with Gasteiger partial charge in [0.2, 0.25) is 5.95 Å². The van der Waals surface area contributed by atoms with E-state index in [1.165, 1.54) is 32.3 Å². The number of nitrogens with zero attached hydrogens (tertiary/aromatic N) is 4. The molecular formula is C43H26N4OSi. The van der Waals surface area contributed by atoms with Crippen molar-refractivity contribution in [3.63, 3.8) is 0 Å². The highest BCUT2D eigenvalue weighted by Crippen LogP contribution is 2.48. The van der Waals surface area contributed by atoms with E-state index in [2.05, 4.69) is 150 Å². The molecule has 0 unspecified atom stereocenters. The fourth-order valence-corrected chi connectivity index (χ4v) is 12.5. The van der Waals surface area contributed by atoms with Crippen LogP contribution in [0, 0.1) is 0 Å². The van der Waals surface area contributed by atoms with Crippen LogP contribution in [0.25, 0.3) is 65.7 Å². The second-order valence-corrected chi connectivity index (χ2v) is 15.8. The SMILES string of the molecule is c1ccc2c(c1)-c1ccccc1[Si]21Oc2cccc3cccc(c23)N1c1nc(-c2cc3ccccc3c3ccccc23)c2cccnc2n1. The average Bonchev–Trinajstić information content (AvgIpc) is 3.43. The van der Waals surface area contributed by atoms with E-state index in [4.69, 9.17) is 19.4 Å². The van der Waals surface area contributed by atoms with Gasteiger partial charge in [-0.3, -0.25) is 4.57 Å². The van der Waals surface area contributed by atoms with Gasteiger partial charge in [0.1, 0.15) is 5.75 Å². The average molecular weight is 643 g/mol. The molecule has 5 nitrogen and oxygen atoms in total. The Hall–Kier alpha value is -6.37. The Balaban J connectivity index is 1.29. The lowest BCUT2D eigenvalue weighted by Gasteiger charge is -2.44. The molecule has 4 heterocycles. The number of anilines is 2. The predicted octanol–water partition coefficient (Wildman–Crippen LogP) is 8.92. The number of rotatable bonds is 2. The summed E-state index contributed by atoms with van der Waals surface area (Å²) in [5, 5.41) is 10.2. The third kappa shape index (κ3) is 3.55. The minimum atomic E-state index is -3.29. The number of hydrogen-bond acceptors (Lipinski definition) is 5. The van der Waals surface area contributed by atoms with Gasteiger partial charge in [0.25, 0.3) is 0 Å². The minimum absolute atomic E-state index is 0.582. The van der Waals surface area contributed by atoms with E-state index < -0.39 is 8.48 Å². The summed E-state index contributed by atoms with van der Waals surface area (Å²) in [6, 6.07) is 53.7. The highest BCUT2D eigenvalue weighted by Gasteiger charge is 2.59. The molecular weight excluding hydrogens is 617 g/mol. The molecule has 0 aliphatic carbocycles. The summed E-state index contributed by atoms with van der Waals surface area (Å²) in [6.45, 7) is 0. The number of benzene rings is 7. The molecule has 2 aromatic heterocycles. The first-order valence-electron chi connectivity index (χ1n) is 16.5. The van der Waals surface area contributed by atoms with Gasteiger partial charge in [0, 0.05) is 32.9 Å². The van der Waals surface area contributed by atoms with E-state index in [9.17, 15) is 0 Å². The predicted molar refractivity (Wildman–Crippen MR) is 201 cm³/mol. The van der Waals surface area contributed by atoms with Crippen molar-refractivity contribution in [2.75, 3.05) is 4.57 Å². The second kappa shape index (κ2) is 9.82. The smallest absolute Gasteiger partial charge is 0.437 e. The summed E-state index contributed by atoms with van der Waals surface area (Å²) < 4.78 is 9.88. The molecule has 0 saturated carbocycles. The number of fused-ring (bicyclic) bond motifs is 9. The summed E-state index contributed by atoms with van der Waals surface area (Å²) in [7, 11) is -3.29. The standard InChI is InChI=1S/C43H26N4OSi/c1-2-15-29-28(12-1)26-35(31-17-4-3-16-30(29)31)41-34-20-11-25-44-42(34)46-43(45-41)47-36-21-9-13-27-14-10-22-37(40(27)36)48-49(47)38-23-7-5-18-32(38)33-19-6-8-24-39(33)49/h1-26H. The van der Waals surface area contributed by atoms with Gasteiger partial charge in [0.15, 0.2) is 5.65 Å². The lowest BCUT2D eigenvalue weighted by Crippen LogP contribution is -2.72. The van der Waals surface area contributed by atoms with Crippen molar-refractivity contribution in [3.8, 4) is 28.1 Å². The van der Waals surface area contributed by atoms with Gasteiger partial charge in [-0.25, -0.2) is 9.97 Å². The Bertz CT molecular complexity index is 2800. The van der Waals surface area contributed by atoms with E-state index in [-0.39, 0.29) is 0 Å². The van der Waals surface area contributed by atoms with Crippen molar-refractivity contribution in [2.24, 2.45) is 0 Å². The first-order chi connectivity index (χ1) is 24.3. The molecule has 0 amide bonds. The summed E-state index contributed by atoms with van der Waals surface area (Å²) in [5.74, 6) is 1.47. The molecule has 1 spiro atoms. The molecule has 2 aliphatic heterocycles. The topological polar surface area (TPSA) is 51.1 Å². The van der Waals surface area contributed by atoms with Crippen molar-refractivity contribution in [3.05, 3.63) is 158 Å². The Morgan fingerprint density at radius 3 is 1.98 bits per heavy atom. The largest absolute Gasteiger partial charge is 0.517 e. The lowest BCUT2D eigenvalue weighted by atomic mass is 9.94.